The second kappa shape index (κ2) is 11.8. The molecule has 1 N–H and O–H groups in total. The Balaban J connectivity index is 1.11. The van der Waals surface area contributed by atoms with Crippen molar-refractivity contribution in [1.82, 2.24) is 15.2 Å². The third-order valence-corrected chi connectivity index (χ3v) is 9.39. The van der Waals surface area contributed by atoms with Gasteiger partial charge in [0.1, 0.15) is 24.0 Å². The van der Waals surface area contributed by atoms with Gasteiger partial charge in [-0.3, -0.25) is 9.88 Å². The lowest BCUT2D eigenvalue weighted by molar-refractivity contribution is 0.0495. The molecule has 2 aromatic carbocycles. The van der Waals surface area contributed by atoms with E-state index in [2.05, 4.69) is 75.2 Å². The summed E-state index contributed by atoms with van der Waals surface area (Å²) in [6.45, 7) is 15.9. The monoisotopic (exact) mass is 596 g/mol. The number of piperidine rings is 1. The van der Waals surface area contributed by atoms with Gasteiger partial charge >= 0.3 is 6.09 Å². The minimum absolute atomic E-state index is 0.0386. The average Bonchev–Trinajstić information content (AvgIpc) is 3.18. The number of anilines is 2. The van der Waals surface area contributed by atoms with E-state index in [9.17, 15) is 10.1 Å². The maximum Gasteiger partial charge on any atom is 0.407 e. The first-order valence-electron chi connectivity index (χ1n) is 15.8. The molecule has 0 saturated carbocycles. The number of nitriles is 1. The quantitative estimate of drug-likeness (QED) is 0.410. The SMILES string of the molecule is C[C@@H]1CN(c2ccc(C#N)c3ncccc23)C[C@@H]2COc3cc(N4CCC(C)(CNC(=O)OC(C)(C)C)CC4)ccc3CN21. The summed E-state index contributed by atoms with van der Waals surface area (Å²) in [4.78, 5) is 24.2. The number of hydrogen-bond acceptors (Lipinski definition) is 8. The third-order valence-electron chi connectivity index (χ3n) is 9.39. The van der Waals surface area contributed by atoms with Crippen molar-refractivity contribution in [1.29, 1.82) is 5.26 Å². The van der Waals surface area contributed by atoms with Crippen molar-refractivity contribution in [3.8, 4) is 11.8 Å². The van der Waals surface area contributed by atoms with Crippen molar-refractivity contribution in [2.75, 3.05) is 49.1 Å². The second-order valence-electron chi connectivity index (χ2n) is 14.0. The van der Waals surface area contributed by atoms with Crippen molar-refractivity contribution in [2.24, 2.45) is 5.41 Å². The zero-order valence-corrected chi connectivity index (χ0v) is 26.6. The lowest BCUT2D eigenvalue weighted by atomic mass is 9.80. The maximum atomic E-state index is 12.2. The Morgan fingerprint density at radius 1 is 1.16 bits per heavy atom. The normalized spacial score (nSPS) is 21.8. The maximum absolute atomic E-state index is 12.2. The van der Waals surface area contributed by atoms with Crippen LogP contribution >= 0.6 is 0 Å². The Bertz CT molecular complexity index is 1570. The Hall–Kier alpha value is -4.03. The number of carbonyl (C=O) groups is 1. The summed E-state index contributed by atoms with van der Waals surface area (Å²) >= 11 is 0. The van der Waals surface area contributed by atoms with E-state index in [0.29, 0.717) is 24.8 Å². The van der Waals surface area contributed by atoms with Crippen LogP contribution in [0.15, 0.2) is 48.7 Å². The molecule has 9 nitrogen and oxygen atoms in total. The molecule has 2 atom stereocenters. The molecule has 3 aromatic rings. The number of fused-ring (bicyclic) bond motifs is 3. The van der Waals surface area contributed by atoms with Crippen LogP contribution in [0.5, 0.6) is 5.75 Å². The van der Waals surface area contributed by atoms with Gasteiger partial charge in [-0.2, -0.15) is 5.26 Å². The number of piperazine rings is 1. The molecule has 0 unspecified atom stereocenters. The molecule has 0 spiro atoms. The Kier molecular flexibility index (Phi) is 8.06. The molecular weight excluding hydrogens is 552 g/mol. The number of rotatable bonds is 4. The minimum atomic E-state index is -0.494. The van der Waals surface area contributed by atoms with E-state index in [0.717, 1.165) is 67.9 Å². The van der Waals surface area contributed by atoms with E-state index in [4.69, 9.17) is 9.47 Å². The highest BCUT2D eigenvalue weighted by molar-refractivity contribution is 5.95. The van der Waals surface area contributed by atoms with Crippen LogP contribution in [-0.2, 0) is 11.3 Å². The standard InChI is InChI=1S/C35H44N6O3/c1-24-19-40(30-11-9-25(18-36)32-29(30)7-6-14-37-32)21-28-22-43-31-17-27(10-8-26(31)20-41(24)28)39-15-12-35(5,13-16-39)23-38-33(42)44-34(2,3)4/h6-11,14,17,24,28H,12-13,15-16,19-23H2,1-5H3,(H,38,42)/t24-,28-/m1/s1. The molecule has 4 heterocycles. The summed E-state index contributed by atoms with van der Waals surface area (Å²) in [7, 11) is 0. The van der Waals surface area contributed by atoms with Gasteiger partial charge in [0, 0.05) is 79.9 Å². The van der Waals surface area contributed by atoms with Crippen LogP contribution < -0.4 is 19.9 Å². The molecule has 6 rings (SSSR count). The molecule has 0 bridgehead atoms. The molecule has 3 aliphatic heterocycles. The smallest absolute Gasteiger partial charge is 0.407 e. The predicted octanol–water partition coefficient (Wildman–Crippen LogP) is 5.71. The lowest BCUT2D eigenvalue weighted by Crippen LogP contribution is -2.58. The van der Waals surface area contributed by atoms with E-state index in [1.165, 1.54) is 11.3 Å². The fraction of sp³-hybridized carbons (Fsp3) is 0.514. The van der Waals surface area contributed by atoms with Gasteiger partial charge in [0.05, 0.1) is 17.1 Å². The molecule has 44 heavy (non-hydrogen) atoms. The molecule has 9 heteroatoms. The summed E-state index contributed by atoms with van der Waals surface area (Å²) < 4.78 is 12.0. The van der Waals surface area contributed by atoms with Crippen LogP contribution in [0.4, 0.5) is 16.2 Å². The second-order valence-corrected chi connectivity index (χ2v) is 14.0. The van der Waals surface area contributed by atoms with Crippen molar-refractivity contribution in [3.63, 3.8) is 0 Å². The van der Waals surface area contributed by atoms with Crippen LogP contribution in [0.25, 0.3) is 10.9 Å². The summed E-state index contributed by atoms with van der Waals surface area (Å²) in [5.41, 5.74) is 4.46. The topological polar surface area (TPSA) is 94.0 Å². The van der Waals surface area contributed by atoms with Gasteiger partial charge in [0.25, 0.3) is 0 Å². The predicted molar refractivity (Wildman–Crippen MR) is 173 cm³/mol. The number of benzene rings is 2. The Labute approximate surface area is 260 Å². The molecule has 1 aromatic heterocycles. The van der Waals surface area contributed by atoms with Gasteiger partial charge < -0.3 is 24.6 Å². The highest BCUT2D eigenvalue weighted by Crippen LogP contribution is 2.37. The van der Waals surface area contributed by atoms with Crippen molar-refractivity contribution >= 4 is 28.4 Å². The number of hydrogen-bond donors (Lipinski definition) is 1. The molecule has 0 aliphatic carbocycles. The first kappa shape index (κ1) is 30.0. The largest absolute Gasteiger partial charge is 0.491 e. The summed E-state index contributed by atoms with van der Waals surface area (Å²) in [6, 6.07) is 17.5. The first-order valence-corrected chi connectivity index (χ1v) is 15.8. The molecule has 232 valence electrons. The first-order chi connectivity index (χ1) is 21.0. The summed E-state index contributed by atoms with van der Waals surface area (Å²) in [6.07, 6.45) is 3.39. The number of carbonyl (C=O) groups excluding carboxylic acids is 1. The van der Waals surface area contributed by atoms with Crippen molar-refractivity contribution in [2.45, 2.75) is 71.7 Å². The number of pyridine rings is 1. The van der Waals surface area contributed by atoms with Gasteiger partial charge in [-0.15, -0.1) is 0 Å². The molecule has 1 amide bonds. The zero-order chi connectivity index (χ0) is 31.1. The van der Waals surface area contributed by atoms with Crippen LogP contribution in [0.2, 0.25) is 0 Å². The van der Waals surface area contributed by atoms with E-state index < -0.39 is 5.60 Å². The van der Waals surface area contributed by atoms with Gasteiger partial charge in [-0.1, -0.05) is 13.0 Å². The highest BCUT2D eigenvalue weighted by Gasteiger charge is 2.36. The van der Waals surface area contributed by atoms with Gasteiger partial charge in [0.15, 0.2) is 0 Å². The third kappa shape index (κ3) is 6.27. The average molecular weight is 597 g/mol. The number of nitrogens with one attached hydrogen (secondary N) is 1. The minimum Gasteiger partial charge on any atom is -0.491 e. The van der Waals surface area contributed by atoms with Crippen molar-refractivity contribution in [3.05, 3.63) is 59.8 Å². The van der Waals surface area contributed by atoms with Gasteiger partial charge in [-0.05, 0) is 76.3 Å². The number of ether oxygens (including phenoxy) is 2. The number of nitrogens with zero attached hydrogens (tertiary/aromatic N) is 5. The van der Waals surface area contributed by atoms with Crippen LogP contribution in [0.3, 0.4) is 0 Å². The van der Waals surface area contributed by atoms with E-state index in [1.807, 2.05) is 32.9 Å². The molecule has 0 radical (unpaired) electrons. The number of aromatic nitrogens is 1. The van der Waals surface area contributed by atoms with Crippen LogP contribution in [0, 0.1) is 16.7 Å². The molecule has 2 saturated heterocycles. The molecule has 2 fully saturated rings. The highest BCUT2D eigenvalue weighted by atomic mass is 16.6. The molecule has 3 aliphatic rings. The van der Waals surface area contributed by atoms with Crippen molar-refractivity contribution < 1.29 is 14.3 Å². The van der Waals surface area contributed by atoms with E-state index >= 15 is 0 Å². The fourth-order valence-corrected chi connectivity index (χ4v) is 6.84. The number of alkyl carbamates (subject to hydrolysis) is 1. The van der Waals surface area contributed by atoms with Crippen LogP contribution in [0.1, 0.15) is 58.6 Å². The van der Waals surface area contributed by atoms with E-state index in [-0.39, 0.29) is 17.6 Å². The Morgan fingerprint density at radius 2 is 1.95 bits per heavy atom. The fourth-order valence-electron chi connectivity index (χ4n) is 6.84. The van der Waals surface area contributed by atoms with E-state index in [1.54, 1.807) is 6.20 Å². The lowest BCUT2D eigenvalue weighted by Gasteiger charge is -2.45. The van der Waals surface area contributed by atoms with Gasteiger partial charge in [0.2, 0.25) is 0 Å². The Morgan fingerprint density at radius 3 is 2.70 bits per heavy atom. The zero-order valence-electron chi connectivity index (χ0n) is 26.6. The molecular formula is C35H44N6O3. The summed E-state index contributed by atoms with van der Waals surface area (Å²) in [5, 5.41) is 13.6. The van der Waals surface area contributed by atoms with Crippen LogP contribution in [-0.4, -0.2) is 73.0 Å². The van der Waals surface area contributed by atoms with Gasteiger partial charge in [-0.25, -0.2) is 4.79 Å². The number of amides is 1. The summed E-state index contributed by atoms with van der Waals surface area (Å²) in [5.74, 6) is 0.976.